The van der Waals surface area contributed by atoms with Crippen molar-refractivity contribution in [1.29, 1.82) is 0 Å². The largest absolute Gasteiger partial charge is 0.507 e. The average Bonchev–Trinajstić information content (AvgIpc) is 3.31. The van der Waals surface area contributed by atoms with Gasteiger partial charge in [-0.2, -0.15) is 0 Å². The maximum atomic E-state index is 12.9. The molecule has 2 N–H and O–H groups in total. The van der Waals surface area contributed by atoms with Gasteiger partial charge < -0.3 is 15.1 Å². The number of carbonyl (C=O) groups excluding carboxylic acids is 2. The molecule has 1 saturated heterocycles. The molecule has 1 atom stereocenters. The first-order valence-electron chi connectivity index (χ1n) is 9.18. The Morgan fingerprint density at radius 1 is 1.11 bits per heavy atom. The number of aliphatic hydroxyl groups excluding tert-OH is 1. The topological polar surface area (TPSA) is 90.7 Å². The van der Waals surface area contributed by atoms with E-state index in [1.807, 2.05) is 0 Å². The molecule has 1 aliphatic heterocycles. The molecule has 144 valence electrons. The highest BCUT2D eigenvalue weighted by Gasteiger charge is 2.49. The van der Waals surface area contributed by atoms with Gasteiger partial charge in [0, 0.05) is 24.0 Å². The number of phenolic OH excluding ortho intramolecular Hbond substituents is 1. The second-order valence-electron chi connectivity index (χ2n) is 7.09. The van der Waals surface area contributed by atoms with Crippen molar-refractivity contribution in [3.63, 3.8) is 0 Å². The molecule has 28 heavy (non-hydrogen) atoms. The van der Waals surface area contributed by atoms with Crippen LogP contribution >= 0.6 is 11.6 Å². The van der Waals surface area contributed by atoms with Gasteiger partial charge in [0.05, 0.1) is 16.6 Å². The number of benzene rings is 1. The SMILES string of the molecule is O=C1C(=O)N(C2CCCC2)C(c2ccc(O)c(Cl)c2)/C1=C(/O)c1ccncc1. The van der Waals surface area contributed by atoms with Crippen LogP contribution in [-0.4, -0.2) is 37.8 Å². The molecule has 2 heterocycles. The Morgan fingerprint density at radius 3 is 2.43 bits per heavy atom. The quantitative estimate of drug-likeness (QED) is 0.466. The number of halogens is 1. The number of rotatable bonds is 3. The van der Waals surface area contributed by atoms with Crippen LogP contribution in [0.25, 0.3) is 5.76 Å². The van der Waals surface area contributed by atoms with Crippen LogP contribution in [0.2, 0.25) is 5.02 Å². The number of Topliss-reactive ketones (excluding diaryl/α,β-unsaturated/α-hetero) is 1. The normalized spacial score (nSPS) is 22.2. The summed E-state index contributed by atoms with van der Waals surface area (Å²) in [6, 6.07) is 6.93. The van der Waals surface area contributed by atoms with Crippen molar-refractivity contribution in [1.82, 2.24) is 9.88 Å². The highest BCUT2D eigenvalue weighted by Crippen LogP contribution is 2.44. The summed E-state index contributed by atoms with van der Waals surface area (Å²) in [4.78, 5) is 31.3. The van der Waals surface area contributed by atoms with E-state index in [-0.39, 0.29) is 28.1 Å². The number of ketones is 1. The molecule has 1 aliphatic carbocycles. The van der Waals surface area contributed by atoms with Crippen LogP contribution in [0.5, 0.6) is 5.75 Å². The Hall–Kier alpha value is -2.86. The van der Waals surface area contributed by atoms with E-state index in [4.69, 9.17) is 11.6 Å². The van der Waals surface area contributed by atoms with Crippen molar-refractivity contribution in [3.8, 4) is 5.75 Å². The smallest absolute Gasteiger partial charge is 0.295 e. The fourth-order valence-electron chi connectivity index (χ4n) is 4.09. The van der Waals surface area contributed by atoms with Crippen molar-refractivity contribution in [2.45, 2.75) is 37.8 Å². The fraction of sp³-hybridized carbons (Fsp3) is 0.286. The van der Waals surface area contributed by atoms with Gasteiger partial charge in [0.25, 0.3) is 11.7 Å². The molecule has 1 unspecified atom stereocenters. The summed E-state index contributed by atoms with van der Waals surface area (Å²) in [5.41, 5.74) is 1.02. The number of likely N-dealkylation sites (tertiary alicyclic amines) is 1. The van der Waals surface area contributed by atoms with Gasteiger partial charge in [0.2, 0.25) is 0 Å². The zero-order valence-electron chi connectivity index (χ0n) is 15.0. The average molecular weight is 399 g/mol. The molecule has 0 bridgehead atoms. The van der Waals surface area contributed by atoms with Crippen LogP contribution in [0.1, 0.15) is 42.9 Å². The summed E-state index contributed by atoms with van der Waals surface area (Å²) in [7, 11) is 0. The van der Waals surface area contributed by atoms with Crippen molar-refractivity contribution in [2.24, 2.45) is 0 Å². The van der Waals surface area contributed by atoms with E-state index >= 15 is 0 Å². The molecule has 2 fully saturated rings. The van der Waals surface area contributed by atoms with Gasteiger partial charge in [-0.1, -0.05) is 30.5 Å². The monoisotopic (exact) mass is 398 g/mol. The van der Waals surface area contributed by atoms with Crippen LogP contribution in [-0.2, 0) is 9.59 Å². The van der Waals surface area contributed by atoms with E-state index in [1.165, 1.54) is 24.5 Å². The number of pyridine rings is 1. The van der Waals surface area contributed by atoms with E-state index in [9.17, 15) is 19.8 Å². The molecule has 0 radical (unpaired) electrons. The van der Waals surface area contributed by atoms with Gasteiger partial charge in [-0.05, 0) is 42.7 Å². The van der Waals surface area contributed by atoms with E-state index in [1.54, 1.807) is 23.1 Å². The minimum Gasteiger partial charge on any atom is -0.507 e. The molecule has 1 aromatic carbocycles. The van der Waals surface area contributed by atoms with Gasteiger partial charge in [-0.15, -0.1) is 0 Å². The first-order valence-corrected chi connectivity index (χ1v) is 9.55. The number of hydrogen-bond acceptors (Lipinski definition) is 5. The van der Waals surface area contributed by atoms with Crippen LogP contribution in [0.4, 0.5) is 0 Å². The first-order chi connectivity index (χ1) is 13.5. The van der Waals surface area contributed by atoms with Crippen molar-refractivity contribution in [3.05, 3.63) is 64.4 Å². The van der Waals surface area contributed by atoms with Crippen LogP contribution < -0.4 is 0 Å². The molecule has 0 spiro atoms. The van der Waals surface area contributed by atoms with Gasteiger partial charge in [0.1, 0.15) is 11.5 Å². The fourth-order valence-corrected chi connectivity index (χ4v) is 4.28. The number of phenols is 1. The van der Waals surface area contributed by atoms with Gasteiger partial charge >= 0.3 is 0 Å². The van der Waals surface area contributed by atoms with E-state index in [0.29, 0.717) is 11.1 Å². The first kappa shape index (κ1) is 18.5. The summed E-state index contributed by atoms with van der Waals surface area (Å²) < 4.78 is 0. The maximum absolute atomic E-state index is 12.9. The Kier molecular flexibility index (Phi) is 4.81. The third-order valence-electron chi connectivity index (χ3n) is 5.44. The maximum Gasteiger partial charge on any atom is 0.295 e. The summed E-state index contributed by atoms with van der Waals surface area (Å²) in [5, 5.41) is 20.8. The Bertz CT molecular complexity index is 968. The standard InChI is InChI=1S/C21H19ClN2O4/c22-15-11-13(5-6-16(15)25)18-17(19(26)12-7-9-23-10-8-12)20(27)21(28)24(18)14-3-1-2-4-14/h5-11,14,18,25-26H,1-4H2/b19-17-. The number of nitrogens with zero attached hydrogens (tertiary/aromatic N) is 2. The summed E-state index contributed by atoms with van der Waals surface area (Å²) in [6.07, 6.45) is 6.61. The Morgan fingerprint density at radius 2 is 1.79 bits per heavy atom. The highest BCUT2D eigenvalue weighted by atomic mass is 35.5. The van der Waals surface area contributed by atoms with E-state index < -0.39 is 17.7 Å². The van der Waals surface area contributed by atoms with Crippen molar-refractivity contribution >= 4 is 29.1 Å². The molecule has 2 aliphatic rings. The summed E-state index contributed by atoms with van der Waals surface area (Å²) in [6.45, 7) is 0. The molecule has 1 amide bonds. The lowest BCUT2D eigenvalue weighted by molar-refractivity contribution is -0.141. The second-order valence-corrected chi connectivity index (χ2v) is 7.50. The molecular formula is C21H19ClN2O4. The van der Waals surface area contributed by atoms with Gasteiger partial charge in [0.15, 0.2) is 0 Å². The number of hydrogen-bond donors (Lipinski definition) is 2. The molecule has 1 aromatic heterocycles. The van der Waals surface area contributed by atoms with E-state index in [2.05, 4.69) is 4.98 Å². The second kappa shape index (κ2) is 7.28. The zero-order valence-corrected chi connectivity index (χ0v) is 15.8. The minimum absolute atomic E-state index is 0.0323. The van der Waals surface area contributed by atoms with Crippen LogP contribution in [0.3, 0.4) is 0 Å². The lowest BCUT2D eigenvalue weighted by atomic mass is 9.95. The van der Waals surface area contributed by atoms with E-state index in [0.717, 1.165) is 25.7 Å². The minimum atomic E-state index is -0.755. The molecule has 6 nitrogen and oxygen atoms in total. The number of aliphatic hydroxyl groups is 1. The number of carbonyl (C=O) groups is 2. The highest BCUT2D eigenvalue weighted by molar-refractivity contribution is 6.46. The van der Waals surface area contributed by atoms with Crippen LogP contribution in [0, 0.1) is 0 Å². The van der Waals surface area contributed by atoms with Crippen LogP contribution in [0.15, 0.2) is 48.3 Å². The molecular weight excluding hydrogens is 380 g/mol. The molecule has 2 aromatic rings. The third-order valence-corrected chi connectivity index (χ3v) is 5.74. The van der Waals surface area contributed by atoms with Gasteiger partial charge in [-0.3, -0.25) is 14.6 Å². The number of aromatic nitrogens is 1. The predicted octanol–water partition coefficient (Wildman–Crippen LogP) is 3.80. The Labute approximate surface area is 167 Å². The van der Waals surface area contributed by atoms with Crippen molar-refractivity contribution < 1.29 is 19.8 Å². The van der Waals surface area contributed by atoms with Crippen molar-refractivity contribution in [2.75, 3.05) is 0 Å². The number of aromatic hydroxyl groups is 1. The zero-order chi connectivity index (χ0) is 19.8. The summed E-state index contributed by atoms with van der Waals surface area (Å²) in [5.74, 6) is -1.65. The molecule has 1 saturated carbocycles. The Balaban J connectivity index is 1.90. The number of amides is 1. The third kappa shape index (κ3) is 3.03. The van der Waals surface area contributed by atoms with Gasteiger partial charge in [-0.25, -0.2) is 0 Å². The lowest BCUT2D eigenvalue weighted by Crippen LogP contribution is -2.37. The predicted molar refractivity (Wildman–Crippen MR) is 104 cm³/mol. The molecule has 7 heteroatoms. The molecule has 4 rings (SSSR count). The lowest BCUT2D eigenvalue weighted by Gasteiger charge is -2.30. The summed E-state index contributed by atoms with van der Waals surface area (Å²) >= 11 is 6.09.